The number of hydrogen-bond donors (Lipinski definition) is 2. The van der Waals surface area contributed by atoms with Gasteiger partial charge < -0.3 is 15.2 Å². The van der Waals surface area contributed by atoms with Crippen molar-refractivity contribution >= 4 is 11.3 Å². The summed E-state index contributed by atoms with van der Waals surface area (Å²) in [6.45, 7) is 5.64. The molecule has 2 N–H and O–H groups in total. The minimum absolute atomic E-state index is 0.293. The molecule has 0 radical (unpaired) electrons. The van der Waals surface area contributed by atoms with Crippen molar-refractivity contribution in [2.24, 2.45) is 0 Å². The van der Waals surface area contributed by atoms with Crippen LogP contribution in [-0.2, 0) is 4.74 Å². The lowest BCUT2D eigenvalue weighted by atomic mass is 10.2. The molecule has 0 spiro atoms. The van der Waals surface area contributed by atoms with Gasteiger partial charge in [-0.2, -0.15) is 0 Å². The molecule has 3 nitrogen and oxygen atoms in total. The molecule has 0 aliphatic rings. The quantitative estimate of drug-likeness (QED) is 0.749. The Morgan fingerprint density at radius 3 is 3.00 bits per heavy atom. The maximum Gasteiger partial charge on any atom is 0.0897 e. The summed E-state index contributed by atoms with van der Waals surface area (Å²) in [5, 5.41) is 14.9. The monoisotopic (exact) mass is 229 g/mol. The van der Waals surface area contributed by atoms with Gasteiger partial charge in [-0.1, -0.05) is 6.07 Å². The molecule has 0 bridgehead atoms. The van der Waals surface area contributed by atoms with Gasteiger partial charge in [0.25, 0.3) is 0 Å². The summed E-state index contributed by atoms with van der Waals surface area (Å²) in [5.41, 5.74) is 0. The predicted molar refractivity (Wildman–Crippen MR) is 63.2 cm³/mol. The largest absolute Gasteiger partial charge is 0.389 e. The summed E-state index contributed by atoms with van der Waals surface area (Å²) < 4.78 is 5.13. The average molecular weight is 229 g/mol. The molecule has 0 saturated heterocycles. The van der Waals surface area contributed by atoms with Crippen LogP contribution < -0.4 is 5.32 Å². The summed E-state index contributed by atoms with van der Waals surface area (Å²) in [6.07, 6.45) is -0.424. The molecule has 1 heterocycles. The topological polar surface area (TPSA) is 41.5 Å². The number of thiophene rings is 1. The van der Waals surface area contributed by atoms with Gasteiger partial charge in [0.1, 0.15) is 0 Å². The van der Waals surface area contributed by atoms with Gasteiger partial charge in [0.05, 0.1) is 12.7 Å². The lowest BCUT2D eigenvalue weighted by Crippen LogP contribution is -2.31. The lowest BCUT2D eigenvalue weighted by molar-refractivity contribution is 0.0417. The molecule has 86 valence electrons. The molecule has 0 aliphatic carbocycles. The van der Waals surface area contributed by atoms with Gasteiger partial charge >= 0.3 is 0 Å². The van der Waals surface area contributed by atoms with Gasteiger partial charge in [0.15, 0.2) is 0 Å². The van der Waals surface area contributed by atoms with Crippen molar-refractivity contribution in [3.8, 4) is 0 Å². The normalized spacial score (nSPS) is 15.1. The Bertz CT molecular complexity index is 251. The first-order chi connectivity index (χ1) is 7.24. The number of nitrogens with one attached hydrogen (secondary N) is 1. The predicted octanol–water partition coefficient (Wildman–Crippen LogP) is 1.80. The Balaban J connectivity index is 2.19. The van der Waals surface area contributed by atoms with Gasteiger partial charge in [-0.25, -0.2) is 0 Å². The highest BCUT2D eigenvalue weighted by atomic mass is 32.1. The maximum absolute atomic E-state index is 9.54. The number of rotatable bonds is 7. The number of aliphatic hydroxyl groups excluding tert-OH is 1. The van der Waals surface area contributed by atoms with Crippen LogP contribution in [-0.4, -0.2) is 31.0 Å². The van der Waals surface area contributed by atoms with E-state index < -0.39 is 6.10 Å². The van der Waals surface area contributed by atoms with E-state index in [0.29, 0.717) is 25.8 Å². The van der Waals surface area contributed by atoms with Crippen LogP contribution in [0.5, 0.6) is 0 Å². The molecular weight excluding hydrogens is 210 g/mol. The van der Waals surface area contributed by atoms with Crippen LogP contribution >= 0.6 is 11.3 Å². The van der Waals surface area contributed by atoms with Crippen LogP contribution in [0.3, 0.4) is 0 Å². The molecule has 0 fully saturated rings. The third kappa shape index (κ3) is 4.75. The van der Waals surface area contributed by atoms with Crippen molar-refractivity contribution < 1.29 is 9.84 Å². The molecular formula is C11H19NO2S. The summed E-state index contributed by atoms with van der Waals surface area (Å²) in [7, 11) is 0. The van der Waals surface area contributed by atoms with E-state index in [1.54, 1.807) is 11.3 Å². The summed E-state index contributed by atoms with van der Waals surface area (Å²) in [6, 6.07) is 4.42. The Morgan fingerprint density at radius 1 is 1.60 bits per heavy atom. The fourth-order valence-corrected chi connectivity index (χ4v) is 2.02. The van der Waals surface area contributed by atoms with Gasteiger partial charge in [-0.3, -0.25) is 0 Å². The van der Waals surface area contributed by atoms with E-state index in [4.69, 9.17) is 4.74 Å². The molecule has 0 aromatic carbocycles. The van der Waals surface area contributed by atoms with Crippen LogP contribution in [0, 0.1) is 0 Å². The zero-order valence-electron chi connectivity index (χ0n) is 9.27. The van der Waals surface area contributed by atoms with Crippen molar-refractivity contribution in [3.05, 3.63) is 22.4 Å². The summed E-state index contributed by atoms with van der Waals surface area (Å²) in [4.78, 5) is 1.29. The molecule has 15 heavy (non-hydrogen) atoms. The minimum atomic E-state index is -0.424. The first-order valence-electron chi connectivity index (χ1n) is 5.26. The highest BCUT2D eigenvalue weighted by Gasteiger charge is 2.08. The first kappa shape index (κ1) is 12.6. The molecule has 2 atom stereocenters. The van der Waals surface area contributed by atoms with Gasteiger partial charge in [-0.15, -0.1) is 11.3 Å². The molecule has 1 aromatic rings. The van der Waals surface area contributed by atoms with Crippen molar-refractivity contribution in [2.45, 2.75) is 26.0 Å². The second-order valence-corrected chi connectivity index (χ2v) is 4.44. The SMILES string of the molecule is CCOCC(O)CNC(C)c1cccs1. The van der Waals surface area contributed by atoms with Crippen molar-refractivity contribution in [1.29, 1.82) is 0 Å². The van der Waals surface area contributed by atoms with Crippen molar-refractivity contribution in [2.75, 3.05) is 19.8 Å². The Labute approximate surface area is 95.1 Å². The third-order valence-electron chi connectivity index (χ3n) is 2.14. The van der Waals surface area contributed by atoms with E-state index in [1.807, 2.05) is 13.0 Å². The Kier molecular flexibility index (Phi) is 5.86. The van der Waals surface area contributed by atoms with E-state index >= 15 is 0 Å². The molecule has 0 amide bonds. The van der Waals surface area contributed by atoms with E-state index in [2.05, 4.69) is 23.7 Å². The minimum Gasteiger partial charge on any atom is -0.389 e. The average Bonchev–Trinajstić information content (AvgIpc) is 2.76. The molecule has 0 saturated carbocycles. The van der Waals surface area contributed by atoms with Gasteiger partial charge in [0.2, 0.25) is 0 Å². The zero-order chi connectivity index (χ0) is 11.1. The lowest BCUT2D eigenvalue weighted by Gasteiger charge is -2.15. The third-order valence-corrected chi connectivity index (χ3v) is 3.20. The Morgan fingerprint density at radius 2 is 2.40 bits per heavy atom. The van der Waals surface area contributed by atoms with E-state index in [-0.39, 0.29) is 0 Å². The second-order valence-electron chi connectivity index (χ2n) is 3.46. The second kappa shape index (κ2) is 6.95. The van der Waals surface area contributed by atoms with E-state index in [9.17, 15) is 5.11 Å². The van der Waals surface area contributed by atoms with Crippen LogP contribution in [0.25, 0.3) is 0 Å². The molecule has 1 aromatic heterocycles. The number of hydrogen-bond acceptors (Lipinski definition) is 4. The van der Waals surface area contributed by atoms with Crippen LogP contribution in [0.1, 0.15) is 24.8 Å². The smallest absolute Gasteiger partial charge is 0.0897 e. The van der Waals surface area contributed by atoms with Crippen LogP contribution in [0.15, 0.2) is 17.5 Å². The molecule has 4 heteroatoms. The van der Waals surface area contributed by atoms with Crippen molar-refractivity contribution in [3.63, 3.8) is 0 Å². The number of aliphatic hydroxyl groups is 1. The van der Waals surface area contributed by atoms with Gasteiger partial charge in [0, 0.05) is 24.1 Å². The Hall–Kier alpha value is -0.420. The maximum atomic E-state index is 9.54. The summed E-state index contributed by atoms with van der Waals surface area (Å²) in [5.74, 6) is 0. The number of ether oxygens (including phenoxy) is 1. The van der Waals surface area contributed by atoms with Gasteiger partial charge in [-0.05, 0) is 25.3 Å². The highest BCUT2D eigenvalue weighted by Crippen LogP contribution is 2.17. The van der Waals surface area contributed by atoms with E-state index in [1.165, 1.54) is 4.88 Å². The molecule has 1 rings (SSSR count). The molecule has 0 aliphatic heterocycles. The highest BCUT2D eigenvalue weighted by molar-refractivity contribution is 7.10. The first-order valence-corrected chi connectivity index (χ1v) is 6.14. The van der Waals surface area contributed by atoms with E-state index in [0.717, 1.165) is 0 Å². The standard InChI is InChI=1S/C11H19NO2S/c1-3-14-8-10(13)7-12-9(2)11-5-4-6-15-11/h4-6,9-10,12-13H,3,7-8H2,1-2H3. The fourth-order valence-electron chi connectivity index (χ4n) is 1.26. The van der Waals surface area contributed by atoms with Crippen molar-refractivity contribution in [1.82, 2.24) is 5.32 Å². The van der Waals surface area contributed by atoms with Crippen LogP contribution in [0.2, 0.25) is 0 Å². The zero-order valence-corrected chi connectivity index (χ0v) is 10.1. The molecule has 2 unspecified atom stereocenters. The summed E-state index contributed by atoms with van der Waals surface area (Å²) >= 11 is 1.73. The van der Waals surface area contributed by atoms with Crippen LogP contribution in [0.4, 0.5) is 0 Å². The fraction of sp³-hybridized carbons (Fsp3) is 0.636.